The lowest BCUT2D eigenvalue weighted by Crippen LogP contribution is -2.53. The van der Waals surface area contributed by atoms with E-state index < -0.39 is 21.7 Å². The molecule has 184 valence electrons. The van der Waals surface area contributed by atoms with Crippen molar-refractivity contribution in [1.29, 1.82) is 0 Å². The zero-order valence-corrected chi connectivity index (χ0v) is 19.9. The van der Waals surface area contributed by atoms with Gasteiger partial charge in [-0.15, -0.1) is 0 Å². The molecule has 0 bridgehead atoms. The summed E-state index contributed by atoms with van der Waals surface area (Å²) in [4.78, 5) is 16.2. The van der Waals surface area contributed by atoms with Gasteiger partial charge in [-0.25, -0.2) is 17.2 Å². The van der Waals surface area contributed by atoms with Crippen molar-refractivity contribution in [3.63, 3.8) is 0 Å². The van der Waals surface area contributed by atoms with Crippen molar-refractivity contribution in [3.8, 4) is 11.5 Å². The number of hydrogen-bond donors (Lipinski definition) is 0. The third-order valence-corrected chi connectivity index (χ3v) is 8.10. The van der Waals surface area contributed by atoms with E-state index >= 15 is 0 Å². The van der Waals surface area contributed by atoms with Crippen molar-refractivity contribution < 1.29 is 31.5 Å². The molecule has 0 unspecified atom stereocenters. The van der Waals surface area contributed by atoms with Crippen LogP contribution < -0.4 is 14.4 Å². The van der Waals surface area contributed by atoms with Crippen LogP contribution in [0.25, 0.3) is 0 Å². The number of carbonyl (C=O) groups excluding carboxylic acids is 1. The maximum atomic E-state index is 14.4. The summed E-state index contributed by atoms with van der Waals surface area (Å²) in [5.74, 6) is -0.786. The van der Waals surface area contributed by atoms with Gasteiger partial charge in [0.25, 0.3) is 0 Å². The zero-order chi connectivity index (χ0) is 24.5. The molecule has 0 N–H and O–H groups in total. The predicted octanol–water partition coefficient (Wildman–Crippen LogP) is 2.27. The summed E-state index contributed by atoms with van der Waals surface area (Å²) < 4.78 is 65.9. The maximum Gasteiger partial charge on any atom is 0.243 e. The maximum absolute atomic E-state index is 14.4. The molecule has 2 aliphatic rings. The number of nitrogens with zero attached hydrogens (tertiary/aromatic N) is 3. The smallest absolute Gasteiger partial charge is 0.243 e. The largest absolute Gasteiger partial charge is 0.493 e. The fraction of sp³-hybridized carbons (Fsp3) is 0.435. The van der Waals surface area contributed by atoms with Crippen LogP contribution in [0.5, 0.6) is 11.5 Å². The van der Waals surface area contributed by atoms with Gasteiger partial charge in [0.2, 0.25) is 15.9 Å². The molecule has 0 saturated carbocycles. The van der Waals surface area contributed by atoms with Crippen LogP contribution in [0.15, 0.2) is 35.2 Å². The summed E-state index contributed by atoms with van der Waals surface area (Å²) in [5.41, 5.74) is 0.832. The Kier molecular flexibility index (Phi) is 6.94. The number of carbonyl (C=O) groups is 1. The standard InChI is InChI=1S/C23H27F2N3O5S/c1-32-20-6-5-18(14-21(20)33-2)34(30,31)28-10-8-26(9-11-28)22(29)15-27-7-3-4-16-12-17(24)13-19(25)23(16)27/h5-6,12-14H,3-4,7-11,15H2,1-2H3. The van der Waals surface area contributed by atoms with Gasteiger partial charge in [0, 0.05) is 44.9 Å². The minimum absolute atomic E-state index is 0.0437. The fourth-order valence-electron chi connectivity index (χ4n) is 4.46. The quantitative estimate of drug-likeness (QED) is 0.612. The second-order valence-electron chi connectivity index (χ2n) is 8.22. The number of rotatable bonds is 6. The van der Waals surface area contributed by atoms with Gasteiger partial charge in [-0.1, -0.05) is 0 Å². The number of benzene rings is 2. The number of fused-ring (bicyclic) bond motifs is 1. The lowest BCUT2D eigenvalue weighted by molar-refractivity contribution is -0.130. The predicted molar refractivity (Wildman–Crippen MR) is 122 cm³/mol. The molecule has 0 radical (unpaired) electrons. The zero-order valence-electron chi connectivity index (χ0n) is 19.1. The van der Waals surface area contributed by atoms with Crippen LogP contribution in [0.2, 0.25) is 0 Å². The molecule has 11 heteroatoms. The average Bonchev–Trinajstić information content (AvgIpc) is 2.83. The number of ether oxygens (including phenoxy) is 2. The molecular formula is C23H27F2N3O5S. The van der Waals surface area contributed by atoms with Gasteiger partial charge in [0.1, 0.15) is 11.6 Å². The first-order chi connectivity index (χ1) is 16.2. The molecule has 1 fully saturated rings. The van der Waals surface area contributed by atoms with Crippen LogP contribution in [0.1, 0.15) is 12.0 Å². The molecule has 1 saturated heterocycles. The summed E-state index contributed by atoms with van der Waals surface area (Å²) in [6.45, 7) is 1.17. The first-order valence-corrected chi connectivity index (χ1v) is 12.4. The fourth-order valence-corrected chi connectivity index (χ4v) is 5.90. The Balaban J connectivity index is 1.41. The summed E-state index contributed by atoms with van der Waals surface area (Å²) in [6.07, 6.45) is 1.25. The molecule has 0 aromatic heterocycles. The summed E-state index contributed by atoms with van der Waals surface area (Å²) in [5, 5.41) is 0. The van der Waals surface area contributed by atoms with Crippen LogP contribution in [0, 0.1) is 11.6 Å². The number of methoxy groups -OCH3 is 2. The molecule has 2 aromatic rings. The molecular weight excluding hydrogens is 468 g/mol. The van der Waals surface area contributed by atoms with E-state index in [1.165, 1.54) is 42.8 Å². The van der Waals surface area contributed by atoms with Crippen LogP contribution >= 0.6 is 0 Å². The Hall–Kier alpha value is -2.92. The van der Waals surface area contributed by atoms with E-state index in [0.29, 0.717) is 36.4 Å². The number of anilines is 1. The molecule has 2 aliphatic heterocycles. The van der Waals surface area contributed by atoms with Crippen molar-refractivity contribution >= 4 is 21.6 Å². The van der Waals surface area contributed by atoms with Gasteiger partial charge in [0.05, 0.1) is 31.3 Å². The van der Waals surface area contributed by atoms with Crippen molar-refractivity contribution in [1.82, 2.24) is 9.21 Å². The highest BCUT2D eigenvalue weighted by atomic mass is 32.2. The topological polar surface area (TPSA) is 79.4 Å². The monoisotopic (exact) mass is 495 g/mol. The second kappa shape index (κ2) is 9.75. The molecule has 8 nitrogen and oxygen atoms in total. The van der Waals surface area contributed by atoms with Gasteiger partial charge in [-0.2, -0.15) is 4.31 Å². The average molecular weight is 496 g/mol. The van der Waals surface area contributed by atoms with E-state index in [9.17, 15) is 22.0 Å². The van der Waals surface area contributed by atoms with Crippen LogP contribution in [0.3, 0.4) is 0 Å². The normalized spacial score (nSPS) is 16.8. The van der Waals surface area contributed by atoms with Crippen LogP contribution in [-0.2, 0) is 21.2 Å². The van der Waals surface area contributed by atoms with E-state index in [4.69, 9.17) is 9.47 Å². The molecule has 1 amide bonds. The molecule has 4 rings (SSSR count). The Morgan fingerprint density at radius 3 is 2.35 bits per heavy atom. The molecule has 34 heavy (non-hydrogen) atoms. The van der Waals surface area contributed by atoms with Crippen LogP contribution in [0.4, 0.5) is 14.5 Å². The summed E-state index contributed by atoms with van der Waals surface area (Å²) >= 11 is 0. The highest BCUT2D eigenvalue weighted by molar-refractivity contribution is 7.89. The third-order valence-electron chi connectivity index (χ3n) is 6.21. The van der Waals surface area contributed by atoms with E-state index in [1.54, 1.807) is 9.80 Å². The molecule has 0 aliphatic carbocycles. The minimum Gasteiger partial charge on any atom is -0.493 e. The third kappa shape index (κ3) is 4.67. The minimum atomic E-state index is -3.78. The van der Waals surface area contributed by atoms with Crippen LogP contribution in [-0.4, -0.2) is 77.0 Å². The number of hydrogen-bond acceptors (Lipinski definition) is 6. The molecule has 2 aromatic carbocycles. The molecule has 2 heterocycles. The van der Waals surface area contributed by atoms with Crippen molar-refractivity contribution in [3.05, 3.63) is 47.5 Å². The van der Waals surface area contributed by atoms with Crippen molar-refractivity contribution in [2.45, 2.75) is 17.7 Å². The van der Waals surface area contributed by atoms with Gasteiger partial charge in [-0.05, 0) is 36.6 Å². The van der Waals surface area contributed by atoms with Gasteiger partial charge >= 0.3 is 0 Å². The van der Waals surface area contributed by atoms with E-state index in [-0.39, 0.29) is 49.2 Å². The van der Waals surface area contributed by atoms with Crippen molar-refractivity contribution in [2.75, 3.05) is 58.4 Å². The van der Waals surface area contributed by atoms with Crippen molar-refractivity contribution in [2.24, 2.45) is 0 Å². The van der Waals surface area contributed by atoms with E-state index in [0.717, 1.165) is 6.07 Å². The highest BCUT2D eigenvalue weighted by Gasteiger charge is 2.32. The number of piperazine rings is 1. The lowest BCUT2D eigenvalue weighted by Gasteiger charge is -2.37. The number of aryl methyl sites for hydroxylation is 1. The Morgan fingerprint density at radius 1 is 0.971 bits per heavy atom. The Labute approximate surface area is 197 Å². The van der Waals surface area contributed by atoms with Gasteiger partial charge in [0.15, 0.2) is 11.5 Å². The lowest BCUT2D eigenvalue weighted by atomic mass is 10.0. The summed E-state index contributed by atoms with van der Waals surface area (Å²) in [6, 6.07) is 6.55. The number of sulfonamides is 1. The number of amides is 1. The first-order valence-electron chi connectivity index (χ1n) is 11.0. The first kappa shape index (κ1) is 24.2. The second-order valence-corrected chi connectivity index (χ2v) is 10.2. The summed E-state index contributed by atoms with van der Waals surface area (Å²) in [7, 11) is -0.879. The van der Waals surface area contributed by atoms with E-state index in [2.05, 4.69) is 0 Å². The molecule has 0 spiro atoms. The van der Waals surface area contributed by atoms with Gasteiger partial charge in [-0.3, -0.25) is 4.79 Å². The molecule has 0 atom stereocenters. The Bertz CT molecular complexity index is 1180. The van der Waals surface area contributed by atoms with E-state index in [1.807, 2.05) is 0 Å². The number of halogens is 2. The Morgan fingerprint density at radius 2 is 1.68 bits per heavy atom. The highest BCUT2D eigenvalue weighted by Crippen LogP contribution is 2.32. The van der Waals surface area contributed by atoms with Gasteiger partial charge < -0.3 is 19.3 Å². The SMILES string of the molecule is COc1ccc(S(=O)(=O)N2CCN(C(=O)CN3CCCc4cc(F)cc(F)c43)CC2)cc1OC.